The third-order valence-corrected chi connectivity index (χ3v) is 2.30. The Balaban J connectivity index is 2.55. The van der Waals surface area contributed by atoms with Gasteiger partial charge in [0.25, 0.3) is 0 Å². The van der Waals surface area contributed by atoms with Crippen LogP contribution in [0.5, 0.6) is 0 Å². The predicted octanol–water partition coefficient (Wildman–Crippen LogP) is 1.85. The molecule has 4 heteroatoms. The maximum atomic E-state index is 11.0. The van der Waals surface area contributed by atoms with E-state index >= 15 is 0 Å². The molecule has 1 atom stereocenters. The maximum Gasteiger partial charge on any atom is 0.138 e. The van der Waals surface area contributed by atoms with Gasteiger partial charge in [0.05, 0.1) is 0 Å². The van der Waals surface area contributed by atoms with Crippen LogP contribution in [0.4, 0.5) is 0 Å². The molecule has 0 aromatic carbocycles. The van der Waals surface area contributed by atoms with E-state index in [0.717, 1.165) is 25.2 Å². The Morgan fingerprint density at radius 3 is 2.93 bits per heavy atom. The summed E-state index contributed by atoms with van der Waals surface area (Å²) in [6, 6.07) is 0. The Bertz CT molecular complexity index is 319. The van der Waals surface area contributed by atoms with Gasteiger partial charge >= 0.3 is 0 Å². The molecular formula is C11H19N3O. The highest BCUT2D eigenvalue weighted by Gasteiger charge is 2.10. The average Bonchev–Trinajstić information content (AvgIpc) is 2.52. The minimum absolute atomic E-state index is 0.240. The molecule has 0 saturated heterocycles. The number of hydrogen-bond donors (Lipinski definition) is 0. The van der Waals surface area contributed by atoms with Crippen LogP contribution in [0.15, 0.2) is 6.33 Å². The SMILES string of the molecule is CCCn1ncnc1CC(C)CC(C)=O. The van der Waals surface area contributed by atoms with Crippen LogP contribution in [0.1, 0.15) is 39.4 Å². The molecule has 1 unspecified atom stereocenters. The van der Waals surface area contributed by atoms with Crippen molar-refractivity contribution < 1.29 is 4.79 Å². The van der Waals surface area contributed by atoms with Crippen LogP contribution in [0.2, 0.25) is 0 Å². The van der Waals surface area contributed by atoms with Crippen LogP contribution in [0.25, 0.3) is 0 Å². The zero-order valence-electron chi connectivity index (χ0n) is 9.73. The molecule has 0 bridgehead atoms. The number of hydrogen-bond acceptors (Lipinski definition) is 3. The van der Waals surface area contributed by atoms with Crippen LogP contribution in [0.3, 0.4) is 0 Å². The van der Waals surface area contributed by atoms with Gasteiger partial charge in [0.15, 0.2) is 0 Å². The van der Waals surface area contributed by atoms with Crippen LogP contribution in [-0.2, 0) is 17.8 Å². The molecule has 0 radical (unpaired) electrons. The van der Waals surface area contributed by atoms with Gasteiger partial charge in [0, 0.05) is 19.4 Å². The standard InChI is InChI=1S/C11H19N3O/c1-4-5-14-11(12-8-13-14)7-9(2)6-10(3)15/h8-9H,4-7H2,1-3H3. The summed E-state index contributed by atoms with van der Waals surface area (Å²) in [5.74, 6) is 1.58. The number of rotatable bonds is 6. The van der Waals surface area contributed by atoms with Crippen LogP contribution in [0, 0.1) is 5.92 Å². The van der Waals surface area contributed by atoms with Crippen LogP contribution < -0.4 is 0 Å². The van der Waals surface area contributed by atoms with Gasteiger partial charge in [-0.1, -0.05) is 13.8 Å². The van der Waals surface area contributed by atoms with Gasteiger partial charge in [-0.05, 0) is 19.3 Å². The van der Waals surface area contributed by atoms with E-state index in [1.165, 1.54) is 0 Å². The Labute approximate surface area is 90.7 Å². The topological polar surface area (TPSA) is 47.8 Å². The summed E-state index contributed by atoms with van der Waals surface area (Å²) >= 11 is 0. The molecule has 4 nitrogen and oxygen atoms in total. The van der Waals surface area contributed by atoms with E-state index in [-0.39, 0.29) is 5.78 Å². The van der Waals surface area contributed by atoms with Crippen molar-refractivity contribution in [2.45, 2.75) is 46.6 Å². The normalized spacial score (nSPS) is 12.7. The summed E-state index contributed by atoms with van der Waals surface area (Å²) in [4.78, 5) is 15.2. The molecule has 0 N–H and O–H groups in total. The first kappa shape index (κ1) is 11.9. The lowest BCUT2D eigenvalue weighted by Gasteiger charge is -2.09. The van der Waals surface area contributed by atoms with Gasteiger partial charge in [-0.3, -0.25) is 4.68 Å². The third kappa shape index (κ3) is 3.81. The predicted molar refractivity (Wildman–Crippen MR) is 58.5 cm³/mol. The first-order chi connectivity index (χ1) is 7.13. The minimum Gasteiger partial charge on any atom is -0.300 e. The molecular weight excluding hydrogens is 190 g/mol. The van der Waals surface area contributed by atoms with Crippen molar-refractivity contribution in [3.8, 4) is 0 Å². The Morgan fingerprint density at radius 1 is 1.60 bits per heavy atom. The monoisotopic (exact) mass is 209 g/mol. The fraction of sp³-hybridized carbons (Fsp3) is 0.727. The average molecular weight is 209 g/mol. The number of nitrogens with zero attached hydrogens (tertiary/aromatic N) is 3. The van der Waals surface area contributed by atoms with E-state index in [1.54, 1.807) is 13.3 Å². The molecule has 0 amide bonds. The summed E-state index contributed by atoms with van der Waals surface area (Å²) in [5, 5.41) is 4.16. The summed E-state index contributed by atoms with van der Waals surface area (Å²) < 4.78 is 1.93. The lowest BCUT2D eigenvalue weighted by molar-refractivity contribution is -0.117. The zero-order valence-corrected chi connectivity index (χ0v) is 9.73. The lowest BCUT2D eigenvalue weighted by atomic mass is 10.0. The molecule has 1 aromatic rings. The highest BCUT2D eigenvalue weighted by Crippen LogP contribution is 2.10. The number of aryl methyl sites for hydroxylation is 1. The Hall–Kier alpha value is -1.19. The van der Waals surface area contributed by atoms with Crippen molar-refractivity contribution in [2.24, 2.45) is 5.92 Å². The first-order valence-corrected chi connectivity index (χ1v) is 5.49. The second-order valence-electron chi connectivity index (χ2n) is 4.11. The largest absolute Gasteiger partial charge is 0.300 e. The molecule has 0 aliphatic heterocycles. The van der Waals surface area contributed by atoms with Crippen LogP contribution in [-0.4, -0.2) is 20.5 Å². The molecule has 15 heavy (non-hydrogen) atoms. The Morgan fingerprint density at radius 2 is 2.33 bits per heavy atom. The van der Waals surface area contributed by atoms with E-state index in [1.807, 2.05) is 4.68 Å². The van der Waals surface area contributed by atoms with Crippen molar-refractivity contribution in [3.05, 3.63) is 12.2 Å². The highest BCUT2D eigenvalue weighted by atomic mass is 16.1. The molecule has 1 heterocycles. The second kappa shape index (κ2) is 5.63. The second-order valence-corrected chi connectivity index (χ2v) is 4.11. The molecule has 0 spiro atoms. The summed E-state index contributed by atoms with van der Waals surface area (Å²) in [6.07, 6.45) is 4.10. The van der Waals surface area contributed by atoms with E-state index in [4.69, 9.17) is 0 Å². The van der Waals surface area contributed by atoms with Crippen LogP contribution >= 0.6 is 0 Å². The van der Waals surface area contributed by atoms with Crippen molar-refractivity contribution >= 4 is 5.78 Å². The number of aromatic nitrogens is 3. The van der Waals surface area contributed by atoms with E-state index in [2.05, 4.69) is 23.9 Å². The Kier molecular flexibility index (Phi) is 4.46. The lowest BCUT2D eigenvalue weighted by Crippen LogP contribution is -2.11. The smallest absolute Gasteiger partial charge is 0.138 e. The number of ketones is 1. The maximum absolute atomic E-state index is 11.0. The third-order valence-electron chi connectivity index (χ3n) is 2.30. The van der Waals surface area contributed by atoms with Gasteiger partial charge in [-0.15, -0.1) is 0 Å². The van der Waals surface area contributed by atoms with Gasteiger partial charge in [-0.25, -0.2) is 4.98 Å². The number of Topliss-reactive ketones (excluding diaryl/α,β-unsaturated/α-hetero) is 1. The van der Waals surface area contributed by atoms with Crippen molar-refractivity contribution in [3.63, 3.8) is 0 Å². The van der Waals surface area contributed by atoms with Gasteiger partial charge < -0.3 is 4.79 Å². The van der Waals surface area contributed by atoms with Gasteiger partial charge in [0.2, 0.25) is 0 Å². The summed E-state index contributed by atoms with van der Waals surface area (Å²) in [6.45, 7) is 6.73. The van der Waals surface area contributed by atoms with Crippen molar-refractivity contribution in [1.82, 2.24) is 14.8 Å². The fourth-order valence-electron chi connectivity index (χ4n) is 1.72. The number of carbonyl (C=O) groups excluding carboxylic acids is 1. The van der Waals surface area contributed by atoms with Gasteiger partial charge in [0.1, 0.15) is 17.9 Å². The van der Waals surface area contributed by atoms with Gasteiger partial charge in [-0.2, -0.15) is 5.10 Å². The minimum atomic E-state index is 0.240. The fourth-order valence-corrected chi connectivity index (χ4v) is 1.72. The highest BCUT2D eigenvalue weighted by molar-refractivity contribution is 5.75. The van der Waals surface area contributed by atoms with Crippen molar-refractivity contribution in [1.29, 1.82) is 0 Å². The molecule has 1 aromatic heterocycles. The molecule has 84 valence electrons. The molecule has 0 fully saturated rings. The molecule has 0 saturated carbocycles. The summed E-state index contributed by atoms with van der Waals surface area (Å²) in [7, 11) is 0. The molecule has 1 rings (SSSR count). The zero-order chi connectivity index (χ0) is 11.3. The van der Waals surface area contributed by atoms with Crippen molar-refractivity contribution in [2.75, 3.05) is 0 Å². The van der Waals surface area contributed by atoms with E-state index in [0.29, 0.717) is 12.3 Å². The quantitative estimate of drug-likeness (QED) is 0.718. The molecule has 0 aliphatic rings. The first-order valence-electron chi connectivity index (χ1n) is 5.49. The molecule has 0 aliphatic carbocycles. The van der Waals surface area contributed by atoms with E-state index in [9.17, 15) is 4.79 Å². The number of carbonyl (C=O) groups is 1. The summed E-state index contributed by atoms with van der Waals surface area (Å²) in [5.41, 5.74) is 0. The van der Waals surface area contributed by atoms with E-state index < -0.39 is 0 Å².